The highest BCUT2D eigenvalue weighted by Gasteiger charge is 2.43. The van der Waals surface area contributed by atoms with Crippen LogP contribution in [0.5, 0.6) is 0 Å². The zero-order valence-corrected chi connectivity index (χ0v) is 11.5. The summed E-state index contributed by atoms with van der Waals surface area (Å²) in [7, 11) is 0. The number of fused-ring (bicyclic) bond motifs is 2. The highest BCUT2D eigenvalue weighted by atomic mass is 15.2. The molecular weight excluding hydrogens is 208 g/mol. The van der Waals surface area contributed by atoms with Gasteiger partial charge in [0.05, 0.1) is 0 Å². The quantitative estimate of drug-likeness (QED) is 0.810. The first-order valence-corrected chi connectivity index (χ1v) is 7.75. The summed E-state index contributed by atoms with van der Waals surface area (Å²) in [6, 6.07) is 1.73. The minimum atomic E-state index is 0.773. The van der Waals surface area contributed by atoms with E-state index in [1.165, 1.54) is 38.8 Å². The Kier molecular flexibility index (Phi) is 3.45. The second-order valence-electron chi connectivity index (χ2n) is 6.67. The van der Waals surface area contributed by atoms with Gasteiger partial charge >= 0.3 is 0 Å². The summed E-state index contributed by atoms with van der Waals surface area (Å²) >= 11 is 0. The smallest absolute Gasteiger partial charge is 0.0126 e. The maximum Gasteiger partial charge on any atom is 0.0126 e. The molecule has 98 valence electrons. The lowest BCUT2D eigenvalue weighted by Crippen LogP contribution is -2.52. The van der Waals surface area contributed by atoms with E-state index in [0.717, 1.165) is 36.4 Å². The molecule has 2 saturated carbocycles. The van der Waals surface area contributed by atoms with Crippen molar-refractivity contribution in [2.24, 2.45) is 17.8 Å². The second kappa shape index (κ2) is 4.89. The van der Waals surface area contributed by atoms with Gasteiger partial charge in [-0.2, -0.15) is 0 Å². The second-order valence-corrected chi connectivity index (χ2v) is 6.67. The molecular formula is C15H28N2. The molecule has 3 fully saturated rings. The summed E-state index contributed by atoms with van der Waals surface area (Å²) < 4.78 is 0. The monoisotopic (exact) mass is 236 g/mol. The van der Waals surface area contributed by atoms with Gasteiger partial charge in [0.25, 0.3) is 0 Å². The standard InChI is InChI=1S/C15H28N2/c1-3-16-14-6-7-17(10-11(14)2)15-9-12-4-5-13(15)8-12/h11-16H,3-10H2,1-2H3. The Morgan fingerprint density at radius 1 is 1.18 bits per heavy atom. The molecule has 1 N–H and O–H groups in total. The van der Waals surface area contributed by atoms with Gasteiger partial charge in [-0.05, 0) is 56.5 Å². The van der Waals surface area contributed by atoms with Gasteiger partial charge in [0.1, 0.15) is 0 Å². The number of hydrogen-bond acceptors (Lipinski definition) is 2. The van der Waals surface area contributed by atoms with E-state index in [2.05, 4.69) is 24.1 Å². The fraction of sp³-hybridized carbons (Fsp3) is 1.00. The van der Waals surface area contributed by atoms with Crippen LogP contribution in [0.15, 0.2) is 0 Å². The molecule has 0 spiro atoms. The first kappa shape index (κ1) is 12.0. The Labute approximate surface area is 106 Å². The largest absolute Gasteiger partial charge is 0.314 e. The van der Waals surface area contributed by atoms with E-state index in [4.69, 9.17) is 0 Å². The van der Waals surface area contributed by atoms with Crippen LogP contribution in [-0.2, 0) is 0 Å². The van der Waals surface area contributed by atoms with Crippen LogP contribution in [0.2, 0.25) is 0 Å². The van der Waals surface area contributed by atoms with Gasteiger partial charge in [0.2, 0.25) is 0 Å². The molecule has 2 heteroatoms. The third kappa shape index (κ3) is 2.26. The minimum absolute atomic E-state index is 0.773. The lowest BCUT2D eigenvalue weighted by Gasteiger charge is -2.43. The lowest BCUT2D eigenvalue weighted by atomic mass is 9.88. The fourth-order valence-electron chi connectivity index (χ4n) is 4.70. The van der Waals surface area contributed by atoms with Gasteiger partial charge in [-0.1, -0.05) is 20.3 Å². The SMILES string of the molecule is CCNC1CCN(C2CC3CCC2C3)CC1C. The highest BCUT2D eigenvalue weighted by Crippen LogP contribution is 2.47. The van der Waals surface area contributed by atoms with E-state index in [-0.39, 0.29) is 0 Å². The molecule has 0 radical (unpaired) electrons. The summed E-state index contributed by atoms with van der Waals surface area (Å²) in [4.78, 5) is 2.84. The summed E-state index contributed by atoms with van der Waals surface area (Å²) in [6.07, 6.45) is 7.49. The van der Waals surface area contributed by atoms with Crippen molar-refractivity contribution in [1.82, 2.24) is 10.2 Å². The molecule has 3 rings (SSSR count). The fourth-order valence-corrected chi connectivity index (χ4v) is 4.70. The molecule has 0 aromatic heterocycles. The average molecular weight is 236 g/mol. The molecule has 0 aromatic carbocycles. The zero-order valence-electron chi connectivity index (χ0n) is 11.5. The third-order valence-electron chi connectivity index (χ3n) is 5.57. The van der Waals surface area contributed by atoms with Crippen molar-refractivity contribution in [1.29, 1.82) is 0 Å². The van der Waals surface area contributed by atoms with Crippen LogP contribution in [-0.4, -0.2) is 36.6 Å². The van der Waals surface area contributed by atoms with Crippen molar-refractivity contribution in [2.45, 2.75) is 58.0 Å². The van der Waals surface area contributed by atoms with Crippen molar-refractivity contribution in [3.63, 3.8) is 0 Å². The van der Waals surface area contributed by atoms with Crippen molar-refractivity contribution >= 4 is 0 Å². The molecule has 2 bridgehead atoms. The van der Waals surface area contributed by atoms with Gasteiger partial charge in [-0.15, -0.1) is 0 Å². The van der Waals surface area contributed by atoms with E-state index in [0.29, 0.717) is 0 Å². The number of hydrogen-bond donors (Lipinski definition) is 1. The molecule has 1 saturated heterocycles. The minimum Gasteiger partial charge on any atom is -0.314 e. The molecule has 2 aliphatic carbocycles. The number of nitrogens with one attached hydrogen (secondary N) is 1. The summed E-state index contributed by atoms with van der Waals surface area (Å²) in [5.74, 6) is 2.98. The van der Waals surface area contributed by atoms with Gasteiger partial charge in [-0.3, -0.25) is 4.90 Å². The Hall–Kier alpha value is -0.0800. The van der Waals surface area contributed by atoms with Crippen LogP contribution in [0.1, 0.15) is 46.0 Å². The first-order chi connectivity index (χ1) is 8.28. The molecule has 2 nitrogen and oxygen atoms in total. The number of rotatable bonds is 3. The van der Waals surface area contributed by atoms with E-state index in [9.17, 15) is 0 Å². The van der Waals surface area contributed by atoms with E-state index in [1.807, 2.05) is 0 Å². The Balaban J connectivity index is 1.56. The number of likely N-dealkylation sites (tertiary alicyclic amines) is 1. The number of nitrogens with zero attached hydrogens (tertiary/aromatic N) is 1. The maximum absolute atomic E-state index is 3.65. The predicted octanol–water partition coefficient (Wildman–Crippen LogP) is 2.49. The van der Waals surface area contributed by atoms with E-state index in [1.54, 1.807) is 6.42 Å². The third-order valence-corrected chi connectivity index (χ3v) is 5.57. The lowest BCUT2D eigenvalue weighted by molar-refractivity contribution is 0.0755. The zero-order chi connectivity index (χ0) is 11.8. The van der Waals surface area contributed by atoms with Gasteiger partial charge in [0.15, 0.2) is 0 Å². The molecule has 3 aliphatic rings. The summed E-state index contributed by atoms with van der Waals surface area (Å²) in [5.41, 5.74) is 0. The average Bonchev–Trinajstić information content (AvgIpc) is 2.94. The topological polar surface area (TPSA) is 15.3 Å². The van der Waals surface area contributed by atoms with Crippen molar-refractivity contribution in [2.75, 3.05) is 19.6 Å². The Bertz CT molecular complexity index is 266. The van der Waals surface area contributed by atoms with Crippen LogP contribution in [0.25, 0.3) is 0 Å². The molecule has 5 unspecified atom stereocenters. The molecule has 5 atom stereocenters. The van der Waals surface area contributed by atoms with Crippen LogP contribution in [0, 0.1) is 17.8 Å². The van der Waals surface area contributed by atoms with Crippen LogP contribution >= 0.6 is 0 Å². The van der Waals surface area contributed by atoms with E-state index < -0.39 is 0 Å². The van der Waals surface area contributed by atoms with Gasteiger partial charge in [0, 0.05) is 18.6 Å². The summed E-state index contributed by atoms with van der Waals surface area (Å²) in [5, 5.41) is 3.65. The molecule has 17 heavy (non-hydrogen) atoms. The van der Waals surface area contributed by atoms with E-state index >= 15 is 0 Å². The summed E-state index contributed by atoms with van der Waals surface area (Å²) in [6.45, 7) is 8.48. The van der Waals surface area contributed by atoms with Crippen molar-refractivity contribution < 1.29 is 0 Å². The van der Waals surface area contributed by atoms with Crippen LogP contribution < -0.4 is 5.32 Å². The number of piperidine rings is 1. The molecule has 1 heterocycles. The molecule has 1 aliphatic heterocycles. The molecule has 0 amide bonds. The van der Waals surface area contributed by atoms with Crippen LogP contribution in [0.4, 0.5) is 0 Å². The van der Waals surface area contributed by atoms with Crippen LogP contribution in [0.3, 0.4) is 0 Å². The highest BCUT2D eigenvalue weighted by molar-refractivity contribution is 4.97. The van der Waals surface area contributed by atoms with Crippen molar-refractivity contribution in [3.8, 4) is 0 Å². The predicted molar refractivity (Wildman–Crippen MR) is 72.1 cm³/mol. The normalized spacial score (nSPS) is 46.6. The Morgan fingerprint density at radius 3 is 2.65 bits per heavy atom. The Morgan fingerprint density at radius 2 is 2.06 bits per heavy atom. The molecule has 0 aromatic rings. The van der Waals surface area contributed by atoms with Gasteiger partial charge in [-0.25, -0.2) is 0 Å². The van der Waals surface area contributed by atoms with Gasteiger partial charge < -0.3 is 5.32 Å². The first-order valence-electron chi connectivity index (χ1n) is 7.75. The van der Waals surface area contributed by atoms with Crippen molar-refractivity contribution in [3.05, 3.63) is 0 Å². The maximum atomic E-state index is 3.65.